The quantitative estimate of drug-likeness (QED) is 0.399. The van der Waals surface area contributed by atoms with Crippen molar-refractivity contribution < 1.29 is 9.18 Å². The molecule has 2 N–H and O–H groups in total. The molecule has 1 aromatic carbocycles. The standard InChI is InChI=1S/C23H26FN3O2S/c1-4-5-10-30-22-26-20-19(21(29)27-22)17(13-6-8-14(24)9-7-13)18-15(25-20)11-23(2,3)12-16(18)28/h6-9,17H,4-5,10-12H2,1-3H3,(H2,25,26,27,29)/t17-/m0/s1. The fraction of sp³-hybridized carbons (Fsp3) is 0.435. The van der Waals surface area contributed by atoms with Crippen LogP contribution >= 0.6 is 11.8 Å². The number of H-pyrrole nitrogens is 1. The second kappa shape index (κ2) is 8.02. The van der Waals surface area contributed by atoms with Crippen molar-refractivity contribution in [2.24, 2.45) is 5.41 Å². The van der Waals surface area contributed by atoms with Crippen molar-refractivity contribution in [2.75, 3.05) is 11.1 Å². The number of rotatable bonds is 5. The van der Waals surface area contributed by atoms with E-state index < -0.39 is 5.92 Å². The summed E-state index contributed by atoms with van der Waals surface area (Å²) in [5, 5.41) is 3.88. The minimum Gasteiger partial charge on any atom is -0.343 e. The highest BCUT2D eigenvalue weighted by molar-refractivity contribution is 7.99. The zero-order valence-electron chi connectivity index (χ0n) is 17.5. The van der Waals surface area contributed by atoms with E-state index in [1.54, 1.807) is 12.1 Å². The van der Waals surface area contributed by atoms with Crippen LogP contribution in [0.2, 0.25) is 0 Å². The van der Waals surface area contributed by atoms with Gasteiger partial charge in [-0.2, -0.15) is 0 Å². The van der Waals surface area contributed by atoms with Crippen LogP contribution in [0, 0.1) is 11.2 Å². The summed E-state index contributed by atoms with van der Waals surface area (Å²) in [6.07, 6.45) is 3.21. The molecule has 2 aliphatic rings. The topological polar surface area (TPSA) is 74.8 Å². The number of aromatic amines is 1. The van der Waals surface area contributed by atoms with Crippen molar-refractivity contribution in [1.82, 2.24) is 9.97 Å². The van der Waals surface area contributed by atoms with Gasteiger partial charge in [-0.1, -0.05) is 51.1 Å². The molecule has 1 atom stereocenters. The smallest absolute Gasteiger partial charge is 0.257 e. The average molecular weight is 428 g/mol. The Balaban J connectivity index is 1.86. The van der Waals surface area contributed by atoms with Crippen LogP contribution in [0.15, 0.2) is 45.5 Å². The summed E-state index contributed by atoms with van der Waals surface area (Å²) in [4.78, 5) is 33.8. The van der Waals surface area contributed by atoms with Crippen LogP contribution in [-0.4, -0.2) is 21.5 Å². The molecule has 0 fully saturated rings. The van der Waals surface area contributed by atoms with E-state index in [1.807, 2.05) is 0 Å². The molecule has 2 aromatic rings. The Kier molecular flexibility index (Phi) is 5.57. The molecule has 158 valence electrons. The Hall–Kier alpha value is -2.41. The Morgan fingerprint density at radius 2 is 1.93 bits per heavy atom. The third kappa shape index (κ3) is 3.95. The molecular formula is C23H26FN3O2S. The highest BCUT2D eigenvalue weighted by Gasteiger charge is 2.42. The van der Waals surface area contributed by atoms with E-state index in [4.69, 9.17) is 0 Å². The van der Waals surface area contributed by atoms with E-state index in [9.17, 15) is 14.0 Å². The van der Waals surface area contributed by atoms with E-state index >= 15 is 0 Å². The number of aromatic nitrogens is 2. The molecule has 0 radical (unpaired) electrons. The fourth-order valence-corrected chi connectivity index (χ4v) is 5.21. The number of unbranched alkanes of at least 4 members (excludes halogenated alkanes) is 1. The van der Waals surface area contributed by atoms with Gasteiger partial charge in [-0.25, -0.2) is 9.37 Å². The van der Waals surface area contributed by atoms with Crippen LogP contribution in [-0.2, 0) is 4.79 Å². The van der Waals surface area contributed by atoms with Gasteiger partial charge in [0.1, 0.15) is 11.6 Å². The van der Waals surface area contributed by atoms with E-state index in [0.29, 0.717) is 35.0 Å². The number of halogens is 1. The number of benzene rings is 1. The lowest BCUT2D eigenvalue weighted by atomic mass is 9.69. The third-order valence-electron chi connectivity index (χ3n) is 5.64. The summed E-state index contributed by atoms with van der Waals surface area (Å²) in [7, 11) is 0. The molecule has 1 aliphatic heterocycles. The molecule has 0 bridgehead atoms. The lowest BCUT2D eigenvalue weighted by Gasteiger charge is -2.38. The molecule has 2 heterocycles. The number of nitrogens with one attached hydrogen (secondary N) is 2. The number of ketones is 1. The Bertz CT molecular complexity index is 1070. The lowest BCUT2D eigenvalue weighted by molar-refractivity contribution is -0.118. The van der Waals surface area contributed by atoms with Crippen molar-refractivity contribution in [2.45, 2.75) is 57.5 Å². The average Bonchev–Trinajstić information content (AvgIpc) is 2.66. The number of thioether (sulfide) groups is 1. The molecule has 0 saturated carbocycles. The van der Waals surface area contributed by atoms with Gasteiger partial charge in [-0.05, 0) is 36.0 Å². The molecule has 0 saturated heterocycles. The molecule has 7 heteroatoms. The van der Waals surface area contributed by atoms with Gasteiger partial charge < -0.3 is 10.3 Å². The van der Waals surface area contributed by atoms with E-state index in [1.165, 1.54) is 23.9 Å². The van der Waals surface area contributed by atoms with Crippen LogP contribution in [0.1, 0.15) is 63.5 Å². The highest BCUT2D eigenvalue weighted by Crippen LogP contribution is 2.47. The van der Waals surface area contributed by atoms with Gasteiger partial charge in [-0.15, -0.1) is 0 Å². The van der Waals surface area contributed by atoms with Crippen molar-refractivity contribution in [1.29, 1.82) is 0 Å². The second-order valence-electron chi connectivity index (χ2n) is 8.78. The highest BCUT2D eigenvalue weighted by atomic mass is 32.2. The van der Waals surface area contributed by atoms with Gasteiger partial charge in [-0.3, -0.25) is 9.59 Å². The monoisotopic (exact) mass is 427 g/mol. The number of hydrogen-bond acceptors (Lipinski definition) is 5. The molecule has 1 aliphatic carbocycles. The summed E-state index contributed by atoms with van der Waals surface area (Å²) in [5.41, 5.74) is 2.14. The van der Waals surface area contributed by atoms with Crippen LogP contribution in [0.4, 0.5) is 10.2 Å². The molecule has 0 amide bonds. The largest absolute Gasteiger partial charge is 0.343 e. The van der Waals surface area contributed by atoms with Gasteiger partial charge in [0.15, 0.2) is 10.9 Å². The number of allylic oxidation sites excluding steroid dienone is 2. The molecule has 1 aromatic heterocycles. The minimum absolute atomic E-state index is 0.0227. The SMILES string of the molecule is CCCCSc1nc2c(c(=O)[nH]1)[C@@H](c1ccc(F)cc1)C1=C(CC(C)(C)CC1=O)N2. The molecule has 5 nitrogen and oxygen atoms in total. The van der Waals surface area contributed by atoms with E-state index in [0.717, 1.165) is 29.9 Å². The number of hydrogen-bond donors (Lipinski definition) is 2. The Labute approximate surface area is 179 Å². The normalized spacial score (nSPS) is 19.9. The first-order chi connectivity index (χ1) is 14.3. The van der Waals surface area contributed by atoms with Crippen molar-refractivity contribution in [3.63, 3.8) is 0 Å². The molecular weight excluding hydrogens is 401 g/mol. The molecule has 4 rings (SSSR count). The number of Topliss-reactive ketones (excluding diaryl/α,β-unsaturated/α-hetero) is 1. The number of anilines is 1. The van der Waals surface area contributed by atoms with Crippen LogP contribution in [0.5, 0.6) is 0 Å². The predicted molar refractivity (Wildman–Crippen MR) is 117 cm³/mol. The Morgan fingerprint density at radius 3 is 2.63 bits per heavy atom. The van der Waals surface area contributed by atoms with Crippen LogP contribution < -0.4 is 10.9 Å². The summed E-state index contributed by atoms with van der Waals surface area (Å²) in [6.45, 7) is 6.25. The summed E-state index contributed by atoms with van der Waals surface area (Å²) < 4.78 is 13.6. The first kappa shape index (κ1) is 20.8. The van der Waals surface area contributed by atoms with Gasteiger partial charge in [0.2, 0.25) is 0 Å². The first-order valence-electron chi connectivity index (χ1n) is 10.3. The lowest BCUT2D eigenvalue weighted by Crippen LogP contribution is -2.37. The third-order valence-corrected chi connectivity index (χ3v) is 6.60. The van der Waals surface area contributed by atoms with Crippen molar-refractivity contribution in [3.8, 4) is 0 Å². The maximum Gasteiger partial charge on any atom is 0.257 e. The summed E-state index contributed by atoms with van der Waals surface area (Å²) in [6, 6.07) is 6.03. The van der Waals surface area contributed by atoms with E-state index in [2.05, 4.69) is 36.1 Å². The number of fused-ring (bicyclic) bond motifs is 1. The van der Waals surface area contributed by atoms with Crippen LogP contribution in [0.3, 0.4) is 0 Å². The zero-order chi connectivity index (χ0) is 21.5. The Morgan fingerprint density at radius 1 is 1.20 bits per heavy atom. The summed E-state index contributed by atoms with van der Waals surface area (Å²) >= 11 is 1.52. The van der Waals surface area contributed by atoms with Crippen molar-refractivity contribution >= 4 is 23.4 Å². The predicted octanol–water partition coefficient (Wildman–Crippen LogP) is 5.00. The maximum absolute atomic E-state index is 13.6. The maximum atomic E-state index is 13.6. The number of carbonyl (C=O) groups excluding carboxylic acids is 1. The first-order valence-corrected chi connectivity index (χ1v) is 11.3. The van der Waals surface area contributed by atoms with Crippen LogP contribution in [0.25, 0.3) is 0 Å². The minimum atomic E-state index is -0.550. The fourth-order valence-electron chi connectivity index (χ4n) is 4.26. The number of carbonyl (C=O) groups is 1. The molecule has 0 spiro atoms. The second-order valence-corrected chi connectivity index (χ2v) is 9.86. The zero-order valence-corrected chi connectivity index (χ0v) is 18.3. The molecule has 30 heavy (non-hydrogen) atoms. The van der Waals surface area contributed by atoms with Crippen molar-refractivity contribution in [3.05, 3.63) is 62.8 Å². The number of nitrogens with zero attached hydrogens (tertiary/aromatic N) is 1. The van der Waals surface area contributed by atoms with Gasteiger partial charge in [0.25, 0.3) is 5.56 Å². The van der Waals surface area contributed by atoms with Gasteiger partial charge in [0, 0.05) is 29.4 Å². The molecule has 0 unspecified atom stereocenters. The van der Waals surface area contributed by atoms with E-state index in [-0.39, 0.29) is 22.6 Å². The van der Waals surface area contributed by atoms with Gasteiger partial charge >= 0.3 is 0 Å². The summed E-state index contributed by atoms with van der Waals surface area (Å²) in [5.74, 6) is 0.490. The van der Waals surface area contributed by atoms with Gasteiger partial charge in [0.05, 0.1) is 5.56 Å².